The van der Waals surface area contributed by atoms with E-state index in [1.165, 1.54) is 6.42 Å². The number of hydrogen-bond acceptors (Lipinski definition) is 2. The summed E-state index contributed by atoms with van der Waals surface area (Å²) in [7, 11) is 0. The molecule has 3 saturated heterocycles. The molecule has 3 fully saturated rings. The zero-order chi connectivity index (χ0) is 6.97. The maximum Gasteiger partial charge on any atom is 0.102 e. The third-order valence-corrected chi connectivity index (χ3v) is 2.40. The van der Waals surface area contributed by atoms with Crippen LogP contribution in [0.2, 0.25) is 0 Å². The Morgan fingerprint density at radius 2 is 2.00 bits per heavy atom. The second kappa shape index (κ2) is 2.47. The first-order valence-corrected chi connectivity index (χ1v) is 3.93. The van der Waals surface area contributed by atoms with Crippen molar-refractivity contribution < 1.29 is 4.39 Å². The van der Waals surface area contributed by atoms with E-state index < -0.39 is 0 Å². The van der Waals surface area contributed by atoms with Gasteiger partial charge in [0.05, 0.1) is 0 Å². The molecule has 10 heavy (non-hydrogen) atoms. The first-order chi connectivity index (χ1) is 4.88. The molecule has 2 unspecified atom stereocenters. The highest BCUT2D eigenvalue weighted by Gasteiger charge is 2.35. The molecule has 0 aromatic rings. The smallest absolute Gasteiger partial charge is 0.102 e. The minimum atomic E-state index is -0.195. The van der Waals surface area contributed by atoms with Gasteiger partial charge >= 0.3 is 0 Å². The van der Waals surface area contributed by atoms with Crippen molar-refractivity contribution in [2.24, 2.45) is 0 Å². The Labute approximate surface area is 60.4 Å². The van der Waals surface area contributed by atoms with E-state index in [0.29, 0.717) is 18.6 Å². The van der Waals surface area contributed by atoms with E-state index in [4.69, 9.17) is 0 Å². The number of halogens is 1. The van der Waals surface area contributed by atoms with E-state index in [1.807, 2.05) is 0 Å². The summed E-state index contributed by atoms with van der Waals surface area (Å²) in [4.78, 5) is 2.20. The second-order valence-electron chi connectivity index (χ2n) is 3.24. The van der Waals surface area contributed by atoms with Gasteiger partial charge in [0, 0.05) is 31.7 Å². The summed E-state index contributed by atoms with van der Waals surface area (Å²) < 4.78 is 11.9. The van der Waals surface area contributed by atoms with Gasteiger partial charge in [0.15, 0.2) is 0 Å². The number of fused-ring (bicyclic) bond motifs is 2. The maximum absolute atomic E-state index is 11.9. The lowest BCUT2D eigenvalue weighted by molar-refractivity contribution is 0.0735. The summed E-state index contributed by atoms with van der Waals surface area (Å²) in [5.74, 6) is 0. The van der Waals surface area contributed by atoms with Crippen molar-refractivity contribution >= 4 is 0 Å². The van der Waals surface area contributed by atoms with Crippen LogP contribution in [0.15, 0.2) is 0 Å². The van der Waals surface area contributed by atoms with Crippen LogP contribution in [0.3, 0.4) is 0 Å². The molecule has 0 saturated carbocycles. The quantitative estimate of drug-likeness (QED) is 0.587. The van der Waals surface area contributed by atoms with Gasteiger partial charge in [0.2, 0.25) is 0 Å². The third-order valence-electron chi connectivity index (χ3n) is 2.40. The number of nitrogens with one attached hydrogen (secondary N) is 1. The van der Waals surface area contributed by atoms with Crippen LogP contribution in [0.25, 0.3) is 0 Å². The van der Waals surface area contributed by atoms with E-state index in [9.17, 15) is 4.39 Å². The molecule has 3 aliphatic heterocycles. The topological polar surface area (TPSA) is 15.3 Å². The molecule has 58 valence electrons. The predicted molar refractivity (Wildman–Crippen MR) is 37.7 cm³/mol. The Morgan fingerprint density at radius 3 is 2.50 bits per heavy atom. The van der Waals surface area contributed by atoms with Gasteiger partial charge in [-0.3, -0.25) is 4.90 Å². The first-order valence-electron chi connectivity index (χ1n) is 3.93. The molecule has 3 rings (SSSR count). The lowest BCUT2D eigenvalue weighted by atomic mass is 9.91. The number of nitrogens with zero attached hydrogens (tertiary/aromatic N) is 1. The van der Waals surface area contributed by atoms with Crippen LogP contribution in [-0.4, -0.2) is 43.3 Å². The number of piperidine rings is 1. The van der Waals surface area contributed by atoms with Gasteiger partial charge in [-0.1, -0.05) is 0 Å². The van der Waals surface area contributed by atoms with Crippen molar-refractivity contribution in [2.75, 3.05) is 26.3 Å². The molecule has 2 atom stereocenters. The molecule has 0 aliphatic carbocycles. The average molecular weight is 144 g/mol. The van der Waals surface area contributed by atoms with Gasteiger partial charge in [-0.15, -0.1) is 0 Å². The molecular weight excluding hydrogens is 131 g/mol. The van der Waals surface area contributed by atoms with E-state index >= 15 is 0 Å². The van der Waals surface area contributed by atoms with Gasteiger partial charge < -0.3 is 5.32 Å². The molecule has 0 spiro atoms. The molecule has 3 aliphatic rings. The van der Waals surface area contributed by atoms with Gasteiger partial charge in [-0.2, -0.15) is 0 Å². The van der Waals surface area contributed by atoms with Crippen molar-refractivity contribution in [3.8, 4) is 0 Å². The third kappa shape index (κ3) is 1.04. The molecule has 3 heterocycles. The van der Waals surface area contributed by atoms with Crippen LogP contribution < -0.4 is 5.32 Å². The van der Waals surface area contributed by atoms with Crippen molar-refractivity contribution in [1.82, 2.24) is 10.2 Å². The zero-order valence-corrected chi connectivity index (χ0v) is 6.02. The zero-order valence-electron chi connectivity index (χ0n) is 6.02. The Balaban J connectivity index is 1.80. The van der Waals surface area contributed by atoms with E-state index in [2.05, 4.69) is 10.2 Å². The summed E-state index contributed by atoms with van der Waals surface area (Å²) in [5.41, 5.74) is 0. The van der Waals surface area contributed by atoms with Gasteiger partial charge in [-0.05, 0) is 6.42 Å². The van der Waals surface area contributed by atoms with Gasteiger partial charge in [-0.25, -0.2) is 4.39 Å². The van der Waals surface area contributed by atoms with Crippen molar-refractivity contribution in [3.05, 3.63) is 0 Å². The standard InChI is InChI=1S/C7H13FN2/c8-1-2-10-4-6-3-7(5-10)9-6/h6-7,9H,1-5H2. The molecule has 0 radical (unpaired) electrons. The fraction of sp³-hybridized carbons (Fsp3) is 1.00. The Bertz CT molecular complexity index is 113. The van der Waals surface area contributed by atoms with Gasteiger partial charge in [0.1, 0.15) is 6.67 Å². The molecule has 1 N–H and O–H groups in total. The SMILES string of the molecule is FCCN1CC2CC(C1)N2. The van der Waals surface area contributed by atoms with Crippen LogP contribution in [0, 0.1) is 0 Å². The van der Waals surface area contributed by atoms with Crippen molar-refractivity contribution in [3.63, 3.8) is 0 Å². The monoisotopic (exact) mass is 144 g/mol. The first kappa shape index (κ1) is 6.55. The van der Waals surface area contributed by atoms with E-state index in [1.54, 1.807) is 0 Å². The number of alkyl halides is 1. The van der Waals surface area contributed by atoms with Gasteiger partial charge in [0.25, 0.3) is 0 Å². The molecule has 2 nitrogen and oxygen atoms in total. The Hall–Kier alpha value is -0.150. The normalized spacial score (nSPS) is 39.3. The minimum absolute atomic E-state index is 0.195. The Morgan fingerprint density at radius 1 is 1.40 bits per heavy atom. The van der Waals surface area contributed by atoms with Crippen LogP contribution in [0.5, 0.6) is 0 Å². The fourth-order valence-corrected chi connectivity index (χ4v) is 1.91. The van der Waals surface area contributed by atoms with Crippen molar-refractivity contribution in [2.45, 2.75) is 18.5 Å². The summed E-state index contributed by atoms with van der Waals surface area (Å²) >= 11 is 0. The molecule has 0 aromatic carbocycles. The largest absolute Gasteiger partial charge is 0.309 e. The van der Waals surface area contributed by atoms with Crippen LogP contribution in [0.1, 0.15) is 6.42 Å². The van der Waals surface area contributed by atoms with Crippen LogP contribution in [-0.2, 0) is 0 Å². The highest BCUT2D eigenvalue weighted by molar-refractivity contribution is 4.97. The van der Waals surface area contributed by atoms with Crippen LogP contribution >= 0.6 is 0 Å². The van der Waals surface area contributed by atoms with Crippen molar-refractivity contribution in [1.29, 1.82) is 0 Å². The van der Waals surface area contributed by atoms with E-state index in [0.717, 1.165) is 13.1 Å². The predicted octanol–water partition coefficient (Wildman–Crippen LogP) is 0.00200. The summed E-state index contributed by atoms with van der Waals surface area (Å²) in [6.45, 7) is 2.55. The van der Waals surface area contributed by atoms with Crippen LogP contribution in [0.4, 0.5) is 4.39 Å². The molecule has 3 heteroatoms. The average Bonchev–Trinajstić information content (AvgIpc) is 1.87. The fourth-order valence-electron chi connectivity index (χ4n) is 1.91. The molecular formula is C7H13FN2. The lowest BCUT2D eigenvalue weighted by Gasteiger charge is -2.48. The molecule has 2 bridgehead atoms. The minimum Gasteiger partial charge on any atom is -0.309 e. The highest BCUT2D eigenvalue weighted by atomic mass is 19.1. The summed E-state index contributed by atoms with van der Waals surface area (Å²) in [6, 6.07) is 1.34. The Kier molecular flexibility index (Phi) is 1.62. The number of hydrogen-bond donors (Lipinski definition) is 1. The van der Waals surface area contributed by atoms with E-state index in [-0.39, 0.29) is 6.67 Å². The maximum atomic E-state index is 11.9. The lowest BCUT2D eigenvalue weighted by Crippen LogP contribution is -2.66. The molecule has 0 aromatic heterocycles. The highest BCUT2D eigenvalue weighted by Crippen LogP contribution is 2.19. The number of rotatable bonds is 2. The molecule has 0 amide bonds. The second-order valence-corrected chi connectivity index (χ2v) is 3.24. The summed E-state index contributed by atoms with van der Waals surface area (Å²) in [5, 5.41) is 3.40. The number of piperazine rings is 1. The summed E-state index contributed by atoms with van der Waals surface area (Å²) in [6.07, 6.45) is 1.31.